The number of hydrogen-bond donors (Lipinski definition) is 3. The molecule has 3 N–H and O–H groups in total. The molecule has 1 aromatic carbocycles. The van der Waals surface area contributed by atoms with E-state index in [1.54, 1.807) is 46.0 Å². The van der Waals surface area contributed by atoms with Crippen LogP contribution in [-0.2, 0) is 17.1 Å². The molecule has 0 aliphatic carbocycles. The lowest BCUT2D eigenvalue weighted by Gasteiger charge is -2.38. The van der Waals surface area contributed by atoms with Gasteiger partial charge in [0.25, 0.3) is 15.9 Å². The summed E-state index contributed by atoms with van der Waals surface area (Å²) >= 11 is 0. The van der Waals surface area contributed by atoms with Gasteiger partial charge in [-0.15, -0.1) is 0 Å². The highest BCUT2D eigenvalue weighted by atomic mass is 32.2. The minimum Gasteiger partial charge on any atom is -0.486 e. The van der Waals surface area contributed by atoms with E-state index in [0.29, 0.717) is 17.1 Å². The summed E-state index contributed by atoms with van der Waals surface area (Å²) in [5.41, 5.74) is 1.26. The van der Waals surface area contributed by atoms with Crippen molar-refractivity contribution in [1.82, 2.24) is 23.9 Å². The largest absolute Gasteiger partial charge is 0.486 e. The van der Waals surface area contributed by atoms with Gasteiger partial charge in [-0.25, -0.2) is 18.2 Å². The van der Waals surface area contributed by atoms with Gasteiger partial charge in [0.15, 0.2) is 16.5 Å². The summed E-state index contributed by atoms with van der Waals surface area (Å²) in [6, 6.07) is 3.60. The molecule has 3 amide bonds. The Kier molecular flexibility index (Phi) is 8.70. The zero-order chi connectivity index (χ0) is 30.1. The molecule has 0 unspecified atom stereocenters. The number of sulfonamides is 1. The average Bonchev–Trinajstić information content (AvgIpc) is 3.51. The third-order valence-corrected chi connectivity index (χ3v) is 8.71. The Labute approximate surface area is 238 Å². The highest BCUT2D eigenvalue weighted by molar-refractivity contribution is 7.89. The van der Waals surface area contributed by atoms with Crippen molar-refractivity contribution >= 4 is 33.3 Å². The molecule has 3 aromatic rings. The first-order chi connectivity index (χ1) is 19.3. The molecule has 3 atom stereocenters. The molecule has 222 valence electrons. The number of nitrogens with zero attached hydrogens (tertiary/aromatic N) is 5. The van der Waals surface area contributed by atoms with E-state index in [0.717, 1.165) is 4.31 Å². The number of para-hydroxylation sites is 1. The Balaban J connectivity index is 1.70. The van der Waals surface area contributed by atoms with E-state index in [9.17, 15) is 23.1 Å². The summed E-state index contributed by atoms with van der Waals surface area (Å²) in [6.45, 7) is 6.75. The monoisotopic (exact) mass is 589 g/mol. The molecule has 3 heterocycles. The van der Waals surface area contributed by atoms with E-state index in [4.69, 9.17) is 9.26 Å². The van der Waals surface area contributed by atoms with Gasteiger partial charge >= 0.3 is 6.03 Å². The van der Waals surface area contributed by atoms with Crippen molar-refractivity contribution in [2.45, 2.75) is 44.9 Å². The normalized spacial score (nSPS) is 18.3. The molecule has 0 saturated carbocycles. The Bertz CT molecular complexity index is 1510. The molecule has 0 fully saturated rings. The number of nitrogens with one attached hydrogen (secondary N) is 2. The zero-order valence-corrected chi connectivity index (χ0v) is 24.6. The molecule has 0 radical (unpaired) electrons. The van der Waals surface area contributed by atoms with Crippen LogP contribution in [0.25, 0.3) is 0 Å². The van der Waals surface area contributed by atoms with E-state index in [1.807, 2.05) is 6.92 Å². The van der Waals surface area contributed by atoms with Crippen molar-refractivity contribution in [3.05, 3.63) is 47.7 Å². The topological polar surface area (TPSA) is 172 Å². The number of carbonyl (C=O) groups excluding carboxylic acids is 2. The summed E-state index contributed by atoms with van der Waals surface area (Å²) in [6.07, 6.45) is 2.07. The maximum absolute atomic E-state index is 13.7. The van der Waals surface area contributed by atoms with Crippen molar-refractivity contribution in [1.29, 1.82) is 0 Å². The molecular weight excluding hydrogens is 554 g/mol. The van der Waals surface area contributed by atoms with Crippen LogP contribution in [0.1, 0.15) is 35.7 Å². The second-order valence-electron chi connectivity index (χ2n) is 10.2. The molecule has 0 saturated heterocycles. The van der Waals surface area contributed by atoms with Gasteiger partial charge in [0.2, 0.25) is 0 Å². The summed E-state index contributed by atoms with van der Waals surface area (Å²) in [5.74, 6) is -0.253. The summed E-state index contributed by atoms with van der Waals surface area (Å²) in [7, 11) is -0.840. The van der Waals surface area contributed by atoms with Crippen LogP contribution in [0.4, 0.5) is 16.2 Å². The third-order valence-electron chi connectivity index (χ3n) is 7.00. The number of likely N-dealkylation sites (N-methyl/N-ethyl adjacent to an activating group) is 1. The Hall–Kier alpha value is -3.95. The number of carbonyl (C=O) groups is 2. The predicted molar refractivity (Wildman–Crippen MR) is 149 cm³/mol. The third kappa shape index (κ3) is 6.21. The van der Waals surface area contributed by atoms with Crippen molar-refractivity contribution in [3.63, 3.8) is 0 Å². The van der Waals surface area contributed by atoms with E-state index in [2.05, 4.69) is 20.8 Å². The summed E-state index contributed by atoms with van der Waals surface area (Å²) in [4.78, 5) is 32.1. The molecule has 41 heavy (non-hydrogen) atoms. The number of anilines is 2. The van der Waals surface area contributed by atoms with Crippen LogP contribution in [0.5, 0.6) is 5.75 Å². The van der Waals surface area contributed by atoms with E-state index in [-0.39, 0.29) is 47.6 Å². The summed E-state index contributed by atoms with van der Waals surface area (Å²) in [5, 5.41) is 19.0. The number of ether oxygens (including phenoxy) is 1. The molecular formula is C26H35N7O7S. The van der Waals surface area contributed by atoms with Crippen LogP contribution in [-0.4, -0.2) is 88.3 Å². The van der Waals surface area contributed by atoms with Gasteiger partial charge < -0.3 is 34.5 Å². The number of aromatic nitrogens is 3. The number of aryl methyl sites for hydroxylation is 3. The lowest BCUT2D eigenvalue weighted by molar-refractivity contribution is 0.0389. The highest BCUT2D eigenvalue weighted by Crippen LogP contribution is 2.35. The van der Waals surface area contributed by atoms with Crippen LogP contribution in [0, 0.1) is 19.8 Å². The number of amides is 3. The predicted octanol–water partition coefficient (Wildman–Crippen LogP) is 2.21. The first kappa shape index (κ1) is 30.0. The molecule has 14 nitrogen and oxygen atoms in total. The van der Waals surface area contributed by atoms with E-state index in [1.165, 1.54) is 29.0 Å². The Morgan fingerprint density at radius 1 is 1.29 bits per heavy atom. The average molecular weight is 590 g/mol. The minimum absolute atomic E-state index is 0.0747. The van der Waals surface area contributed by atoms with Crippen molar-refractivity contribution in [2.24, 2.45) is 13.0 Å². The van der Waals surface area contributed by atoms with Crippen LogP contribution in [0.3, 0.4) is 0 Å². The Morgan fingerprint density at radius 3 is 2.63 bits per heavy atom. The highest BCUT2D eigenvalue weighted by Gasteiger charge is 2.36. The van der Waals surface area contributed by atoms with Gasteiger partial charge in [-0.3, -0.25) is 4.79 Å². The molecule has 1 aliphatic rings. The number of aliphatic hydroxyl groups excluding tert-OH is 1. The number of rotatable bonds is 8. The van der Waals surface area contributed by atoms with Gasteiger partial charge in [-0.2, -0.15) is 4.31 Å². The van der Waals surface area contributed by atoms with Crippen molar-refractivity contribution < 1.29 is 32.4 Å². The number of fused-ring (bicyclic) bond motifs is 1. The Morgan fingerprint density at radius 2 is 2.02 bits per heavy atom. The fourth-order valence-electron chi connectivity index (χ4n) is 4.52. The number of urea groups is 1. The van der Waals surface area contributed by atoms with Gasteiger partial charge in [0, 0.05) is 32.8 Å². The molecule has 2 aromatic heterocycles. The number of aliphatic hydroxyl groups is 1. The van der Waals surface area contributed by atoms with Crippen LogP contribution >= 0.6 is 0 Å². The van der Waals surface area contributed by atoms with E-state index >= 15 is 0 Å². The maximum Gasteiger partial charge on any atom is 0.323 e. The van der Waals surface area contributed by atoms with Crippen molar-refractivity contribution in [3.8, 4) is 5.75 Å². The molecule has 0 bridgehead atoms. The summed E-state index contributed by atoms with van der Waals surface area (Å²) < 4.78 is 40.6. The van der Waals surface area contributed by atoms with Crippen LogP contribution in [0.2, 0.25) is 0 Å². The first-order valence-corrected chi connectivity index (χ1v) is 14.4. The maximum atomic E-state index is 13.7. The number of hydrogen-bond acceptors (Lipinski definition) is 9. The molecule has 15 heteroatoms. The zero-order valence-electron chi connectivity index (χ0n) is 23.8. The number of benzene rings is 1. The molecule has 0 spiro atoms. The standard InChI is InChI=1S/C26H35N7O7S/c1-15-10-33(16(2)13-34)25(35)19-8-7-9-20(28-26(36)29-23-17(3)30-40-18(23)4)24(19)39-21(15)11-32(6)41(37,38)22-12-31(5)14-27-22/h7-9,12,14-16,21,34H,10-11,13H2,1-6H3,(H2,28,29,36)/t15-,16+,21-/m1/s1. The van der Waals surface area contributed by atoms with E-state index < -0.39 is 34.1 Å². The van der Waals surface area contributed by atoms with Gasteiger partial charge in [0.05, 0.1) is 36.8 Å². The fraction of sp³-hybridized carbons (Fsp3) is 0.462. The van der Waals surface area contributed by atoms with Gasteiger partial charge in [-0.1, -0.05) is 18.1 Å². The quantitative estimate of drug-likeness (QED) is 0.356. The molecule has 4 rings (SSSR count). The lowest BCUT2D eigenvalue weighted by atomic mass is 9.99. The van der Waals surface area contributed by atoms with Crippen LogP contribution < -0.4 is 15.4 Å². The van der Waals surface area contributed by atoms with Gasteiger partial charge in [0.1, 0.15) is 17.5 Å². The first-order valence-electron chi connectivity index (χ1n) is 13.0. The van der Waals surface area contributed by atoms with Gasteiger partial charge in [-0.05, 0) is 32.9 Å². The second kappa shape index (κ2) is 11.9. The number of imidazole rings is 1. The fourth-order valence-corrected chi connectivity index (χ4v) is 5.66. The SMILES string of the molecule is Cc1noc(C)c1NC(=O)Nc1cccc2c1O[C@H](CN(C)S(=O)(=O)c1cn(C)cn1)[C@H](C)CN([C@@H](C)CO)C2=O. The lowest BCUT2D eigenvalue weighted by Crippen LogP contribution is -2.50. The second-order valence-corrected chi connectivity index (χ2v) is 12.2. The van der Waals surface area contributed by atoms with Crippen LogP contribution in [0.15, 0.2) is 40.3 Å². The smallest absolute Gasteiger partial charge is 0.323 e. The minimum atomic E-state index is -3.94. The molecule has 1 aliphatic heterocycles. The van der Waals surface area contributed by atoms with Crippen molar-refractivity contribution in [2.75, 3.05) is 37.4 Å².